The summed E-state index contributed by atoms with van der Waals surface area (Å²) < 4.78 is 34.1. The molecule has 1 aromatic rings. The summed E-state index contributed by atoms with van der Waals surface area (Å²) in [7, 11) is -2.04. The molecule has 5 nitrogen and oxygen atoms in total. The maximum atomic E-state index is 11.8. The van der Waals surface area contributed by atoms with Gasteiger partial charge < -0.3 is 15.2 Å². The van der Waals surface area contributed by atoms with E-state index >= 15 is 0 Å². The van der Waals surface area contributed by atoms with Crippen LogP contribution in [0.15, 0.2) is 18.2 Å². The molecule has 0 heterocycles. The molecular weight excluding hydrogens is 254 g/mol. The highest BCUT2D eigenvalue weighted by Crippen LogP contribution is 2.33. The molecule has 0 radical (unpaired) electrons. The molecule has 0 fully saturated rings. The fraction of sp³-hybridized carbons (Fsp3) is 0.500. The second kappa shape index (κ2) is 6.17. The third kappa shape index (κ3) is 3.22. The zero-order valence-electron chi connectivity index (χ0n) is 10.8. The highest BCUT2D eigenvalue weighted by Gasteiger charge is 2.28. The lowest BCUT2D eigenvalue weighted by molar-refractivity contribution is 0.161. The van der Waals surface area contributed by atoms with Crippen molar-refractivity contribution in [1.29, 1.82) is 0 Å². The van der Waals surface area contributed by atoms with E-state index in [4.69, 9.17) is 15.2 Å². The molecule has 102 valence electrons. The first-order valence-electron chi connectivity index (χ1n) is 5.62. The van der Waals surface area contributed by atoms with Crippen LogP contribution in [0.1, 0.15) is 23.5 Å². The second-order valence-corrected chi connectivity index (χ2v) is 5.95. The molecule has 0 aliphatic heterocycles. The van der Waals surface area contributed by atoms with Crippen molar-refractivity contribution in [1.82, 2.24) is 0 Å². The second-order valence-electron chi connectivity index (χ2n) is 3.86. The van der Waals surface area contributed by atoms with E-state index in [9.17, 15) is 8.42 Å². The number of rotatable bonds is 6. The molecule has 1 atom stereocenters. The first kappa shape index (κ1) is 14.9. The van der Waals surface area contributed by atoms with Gasteiger partial charge in [0.1, 0.15) is 5.75 Å². The Morgan fingerprint density at radius 2 is 2.06 bits per heavy atom. The molecular formula is C12H19NO4S. The Morgan fingerprint density at radius 3 is 2.50 bits per heavy atom. The van der Waals surface area contributed by atoms with Gasteiger partial charge >= 0.3 is 0 Å². The van der Waals surface area contributed by atoms with Gasteiger partial charge in [0, 0.05) is 25.5 Å². The molecule has 0 bridgehead atoms. The molecule has 0 amide bonds. The maximum Gasteiger partial charge on any atom is 0.186 e. The quantitative estimate of drug-likeness (QED) is 0.843. The largest absolute Gasteiger partial charge is 0.493 e. The van der Waals surface area contributed by atoms with Crippen molar-refractivity contribution in [2.75, 3.05) is 20.0 Å². The van der Waals surface area contributed by atoms with Crippen LogP contribution < -0.4 is 10.5 Å². The average Bonchev–Trinajstić information content (AvgIpc) is 2.30. The van der Waals surface area contributed by atoms with Crippen molar-refractivity contribution in [3.63, 3.8) is 0 Å². The highest BCUT2D eigenvalue weighted by atomic mass is 32.2. The predicted molar refractivity (Wildman–Crippen MR) is 70.1 cm³/mol. The maximum absolute atomic E-state index is 11.8. The summed E-state index contributed by atoms with van der Waals surface area (Å²) in [4.78, 5) is 0. The average molecular weight is 273 g/mol. The summed E-state index contributed by atoms with van der Waals surface area (Å²) in [6.07, 6.45) is 1.13. The fourth-order valence-electron chi connectivity index (χ4n) is 1.82. The van der Waals surface area contributed by atoms with Crippen LogP contribution in [0.25, 0.3) is 0 Å². The predicted octanol–water partition coefficient (Wildman–Crippen LogP) is 1.23. The van der Waals surface area contributed by atoms with Gasteiger partial charge in [-0.3, -0.25) is 0 Å². The summed E-state index contributed by atoms with van der Waals surface area (Å²) in [5.74, 6) is 0.498. The van der Waals surface area contributed by atoms with Gasteiger partial charge in [-0.25, -0.2) is 8.42 Å². The van der Waals surface area contributed by atoms with E-state index < -0.39 is 15.3 Å². The summed E-state index contributed by atoms with van der Waals surface area (Å²) in [5.41, 5.74) is 5.79. The molecule has 0 aliphatic rings. The van der Waals surface area contributed by atoms with Crippen molar-refractivity contribution in [2.24, 2.45) is 5.73 Å². The molecule has 2 N–H and O–H groups in total. The minimum Gasteiger partial charge on any atom is -0.493 e. The van der Waals surface area contributed by atoms with Crippen LogP contribution >= 0.6 is 0 Å². The van der Waals surface area contributed by atoms with Gasteiger partial charge in [-0.1, -0.05) is 12.1 Å². The van der Waals surface area contributed by atoms with E-state index in [-0.39, 0.29) is 6.54 Å². The highest BCUT2D eigenvalue weighted by molar-refractivity contribution is 7.90. The third-order valence-corrected chi connectivity index (χ3v) is 3.72. The summed E-state index contributed by atoms with van der Waals surface area (Å²) in [6.45, 7) is 2.51. The minimum absolute atomic E-state index is 0.228. The zero-order valence-corrected chi connectivity index (χ0v) is 11.7. The third-order valence-electron chi connectivity index (χ3n) is 2.51. The van der Waals surface area contributed by atoms with E-state index in [1.54, 1.807) is 18.2 Å². The molecule has 6 heteroatoms. The van der Waals surface area contributed by atoms with E-state index in [0.717, 1.165) is 6.26 Å². The van der Waals surface area contributed by atoms with Crippen molar-refractivity contribution < 1.29 is 17.9 Å². The SMILES string of the molecule is CCOc1cccc(CN)c1C(OC)S(C)(=O)=O. The summed E-state index contributed by atoms with van der Waals surface area (Å²) in [5, 5.41) is 0. The van der Waals surface area contributed by atoms with Crippen molar-refractivity contribution in [3.05, 3.63) is 29.3 Å². The van der Waals surface area contributed by atoms with Gasteiger partial charge in [-0.15, -0.1) is 0 Å². The molecule has 1 rings (SSSR count). The Labute approximate surface area is 108 Å². The molecule has 1 unspecified atom stereocenters. The van der Waals surface area contributed by atoms with Crippen LogP contribution in [-0.2, 0) is 21.1 Å². The van der Waals surface area contributed by atoms with Crippen LogP contribution in [0, 0.1) is 0 Å². The molecule has 0 saturated carbocycles. The molecule has 0 spiro atoms. The Hall–Kier alpha value is -1.11. The number of benzene rings is 1. The van der Waals surface area contributed by atoms with Crippen molar-refractivity contribution in [3.8, 4) is 5.75 Å². The van der Waals surface area contributed by atoms with Gasteiger partial charge in [-0.2, -0.15) is 0 Å². The first-order valence-corrected chi connectivity index (χ1v) is 7.57. The number of hydrogen-bond acceptors (Lipinski definition) is 5. The van der Waals surface area contributed by atoms with Gasteiger partial charge in [0.2, 0.25) is 0 Å². The topological polar surface area (TPSA) is 78.6 Å². The monoisotopic (exact) mass is 273 g/mol. The van der Waals surface area contributed by atoms with Crippen molar-refractivity contribution in [2.45, 2.75) is 18.9 Å². The van der Waals surface area contributed by atoms with Gasteiger partial charge in [0.15, 0.2) is 15.3 Å². The molecule has 0 aromatic heterocycles. The van der Waals surface area contributed by atoms with E-state index in [2.05, 4.69) is 0 Å². The van der Waals surface area contributed by atoms with Gasteiger partial charge in [0.05, 0.1) is 6.61 Å². The van der Waals surface area contributed by atoms with E-state index in [0.29, 0.717) is 23.5 Å². The lowest BCUT2D eigenvalue weighted by Gasteiger charge is -2.20. The Balaban J connectivity index is 3.42. The first-order chi connectivity index (χ1) is 8.45. The summed E-state index contributed by atoms with van der Waals surface area (Å²) in [6, 6.07) is 5.27. The number of sulfone groups is 1. The fourth-order valence-corrected chi connectivity index (χ4v) is 2.87. The number of ether oxygens (including phenoxy) is 2. The smallest absolute Gasteiger partial charge is 0.186 e. The van der Waals surface area contributed by atoms with Crippen LogP contribution in [0.4, 0.5) is 0 Å². The zero-order chi connectivity index (χ0) is 13.8. The van der Waals surface area contributed by atoms with Crippen molar-refractivity contribution >= 4 is 9.84 Å². The van der Waals surface area contributed by atoms with E-state index in [1.807, 2.05) is 6.92 Å². The van der Waals surface area contributed by atoms with Crippen LogP contribution in [0.5, 0.6) is 5.75 Å². The van der Waals surface area contributed by atoms with Crippen LogP contribution in [-0.4, -0.2) is 28.4 Å². The van der Waals surface area contributed by atoms with Crippen LogP contribution in [0.2, 0.25) is 0 Å². The van der Waals surface area contributed by atoms with Gasteiger partial charge in [0.25, 0.3) is 0 Å². The Bertz CT molecular complexity index is 499. The Kier molecular flexibility index (Phi) is 5.13. The minimum atomic E-state index is -3.40. The molecule has 1 aromatic carbocycles. The summed E-state index contributed by atoms with van der Waals surface area (Å²) >= 11 is 0. The lowest BCUT2D eigenvalue weighted by Crippen LogP contribution is -2.18. The molecule has 18 heavy (non-hydrogen) atoms. The number of hydrogen-bond donors (Lipinski definition) is 1. The standard InChI is InChI=1S/C12H19NO4S/c1-4-17-10-7-5-6-9(8-13)11(10)12(16-2)18(3,14)15/h5-7,12H,4,8,13H2,1-3H3. The van der Waals surface area contributed by atoms with Gasteiger partial charge in [-0.05, 0) is 18.6 Å². The normalized spacial score (nSPS) is 13.3. The Morgan fingerprint density at radius 1 is 1.39 bits per heavy atom. The molecule has 0 saturated heterocycles. The van der Waals surface area contributed by atoms with Crippen LogP contribution in [0.3, 0.4) is 0 Å². The lowest BCUT2D eigenvalue weighted by atomic mass is 10.1. The van der Waals surface area contributed by atoms with E-state index in [1.165, 1.54) is 7.11 Å². The molecule has 0 aliphatic carbocycles. The number of methoxy groups -OCH3 is 1. The number of nitrogens with two attached hydrogens (primary N) is 1.